The summed E-state index contributed by atoms with van der Waals surface area (Å²) in [5.41, 5.74) is 11.8. The van der Waals surface area contributed by atoms with Gasteiger partial charge in [-0.25, -0.2) is 0 Å². The van der Waals surface area contributed by atoms with E-state index in [4.69, 9.17) is 0 Å². The smallest absolute Gasteiger partial charge is 0.0528 e. The van der Waals surface area contributed by atoms with E-state index in [9.17, 15) is 0 Å². The Kier molecular flexibility index (Phi) is 10.5. The molecule has 0 amide bonds. The molecule has 4 aromatic carbocycles. The Morgan fingerprint density at radius 1 is 0.489 bits per heavy atom. The summed E-state index contributed by atoms with van der Waals surface area (Å²) in [5.74, 6) is 0. The second-order valence-corrected chi connectivity index (χ2v) is 18.1. The van der Waals surface area contributed by atoms with Crippen molar-refractivity contribution < 1.29 is 0 Å². The third-order valence-electron chi connectivity index (χ3n) is 7.94. The van der Waals surface area contributed by atoms with Gasteiger partial charge >= 0.3 is 0 Å². The lowest BCUT2D eigenvalue weighted by Gasteiger charge is -2.22. The highest BCUT2D eigenvalue weighted by Gasteiger charge is 2.20. The van der Waals surface area contributed by atoms with Crippen LogP contribution in [0.15, 0.2) is 90.7 Å². The van der Waals surface area contributed by atoms with Crippen LogP contribution in [0.3, 0.4) is 0 Å². The van der Waals surface area contributed by atoms with E-state index in [1.165, 1.54) is 43.1 Å². The minimum atomic E-state index is 0.0953. The molecule has 0 N–H and O–H groups in total. The van der Waals surface area contributed by atoms with E-state index in [-0.39, 0.29) is 10.8 Å². The van der Waals surface area contributed by atoms with Crippen molar-refractivity contribution in [2.45, 2.75) is 66.2 Å². The molecular formula is C40H36Br4S. The van der Waals surface area contributed by atoms with Gasteiger partial charge in [-0.05, 0) is 117 Å². The molecule has 0 bridgehead atoms. The van der Waals surface area contributed by atoms with Crippen molar-refractivity contribution in [1.29, 1.82) is 0 Å². The lowest BCUT2D eigenvalue weighted by molar-refractivity contribution is 0.589. The fourth-order valence-corrected chi connectivity index (χ4v) is 8.40. The fraction of sp³-hybridized carbons (Fsp3) is 0.250. The highest BCUT2D eigenvalue weighted by molar-refractivity contribution is 9.11. The van der Waals surface area contributed by atoms with Gasteiger partial charge in [0.05, 0.1) is 12.8 Å². The molecule has 0 aliphatic rings. The molecule has 0 nitrogen and oxygen atoms in total. The quantitative estimate of drug-likeness (QED) is 0.160. The van der Waals surface area contributed by atoms with Crippen LogP contribution in [0, 0.1) is 26.7 Å². The van der Waals surface area contributed by atoms with Gasteiger partial charge in [0.25, 0.3) is 0 Å². The summed E-state index contributed by atoms with van der Waals surface area (Å²) in [5, 5.41) is 0. The highest BCUT2D eigenvalue weighted by atomic mass is 79.9. The Morgan fingerprint density at radius 3 is 1.18 bits per heavy atom. The van der Waals surface area contributed by atoms with E-state index < -0.39 is 0 Å². The number of halogens is 4. The predicted molar refractivity (Wildman–Crippen MR) is 209 cm³/mol. The zero-order chi connectivity index (χ0) is 32.8. The monoisotopic (exact) mass is 864 g/mol. The van der Waals surface area contributed by atoms with Crippen molar-refractivity contribution in [1.82, 2.24) is 0 Å². The number of hydrogen-bond acceptors (Lipinski definition) is 1. The van der Waals surface area contributed by atoms with Crippen LogP contribution < -0.4 is 0 Å². The molecule has 0 aliphatic heterocycles. The molecule has 4 radical (unpaired) electrons. The number of aryl methyl sites for hydroxylation is 2. The molecule has 0 unspecified atom stereocenters. The van der Waals surface area contributed by atoms with Gasteiger partial charge in [-0.15, -0.1) is 11.3 Å². The highest BCUT2D eigenvalue weighted by Crippen LogP contribution is 2.40. The summed E-state index contributed by atoms with van der Waals surface area (Å²) in [6.45, 7) is 17.8. The Bertz CT molecular complexity index is 1700. The molecule has 0 atom stereocenters. The molecule has 230 valence electrons. The summed E-state index contributed by atoms with van der Waals surface area (Å²) in [4.78, 5) is 2.45. The summed E-state index contributed by atoms with van der Waals surface area (Å²) < 4.78 is 4.19. The summed E-state index contributed by atoms with van der Waals surface area (Å²) >= 11 is 17.1. The molecule has 0 aliphatic carbocycles. The van der Waals surface area contributed by atoms with Crippen LogP contribution in [0.4, 0.5) is 0 Å². The van der Waals surface area contributed by atoms with E-state index in [0.29, 0.717) is 0 Å². The number of benzene rings is 4. The van der Waals surface area contributed by atoms with E-state index in [0.717, 1.165) is 40.1 Å². The van der Waals surface area contributed by atoms with Crippen LogP contribution in [0.1, 0.15) is 86.1 Å². The first-order valence-electron chi connectivity index (χ1n) is 14.9. The zero-order valence-corrected chi connectivity index (χ0v) is 34.0. The molecule has 0 fully saturated rings. The van der Waals surface area contributed by atoms with Crippen molar-refractivity contribution in [3.63, 3.8) is 0 Å². The third-order valence-corrected chi connectivity index (χ3v) is 11.7. The van der Waals surface area contributed by atoms with Gasteiger partial charge in [0.15, 0.2) is 0 Å². The van der Waals surface area contributed by atoms with Crippen molar-refractivity contribution in [2.75, 3.05) is 0 Å². The first-order chi connectivity index (χ1) is 21.0. The second kappa shape index (κ2) is 13.5. The Balaban J connectivity index is 1.34. The molecule has 5 heteroatoms. The van der Waals surface area contributed by atoms with E-state index in [1.54, 1.807) is 11.3 Å². The molecule has 1 aromatic heterocycles. The molecule has 0 saturated carbocycles. The molecule has 5 rings (SSSR count). The summed E-state index contributed by atoms with van der Waals surface area (Å²) in [7, 11) is 0. The zero-order valence-electron chi connectivity index (χ0n) is 26.8. The topological polar surface area (TPSA) is 0 Å². The maximum Gasteiger partial charge on any atom is 0.0528 e. The van der Waals surface area contributed by atoms with E-state index in [1.807, 2.05) is 0 Å². The molecule has 1 heterocycles. The Labute approximate surface area is 307 Å². The van der Waals surface area contributed by atoms with Crippen LogP contribution >= 0.6 is 75.1 Å². The van der Waals surface area contributed by atoms with E-state index in [2.05, 4.69) is 205 Å². The van der Waals surface area contributed by atoms with Crippen LogP contribution in [0.25, 0.3) is 20.9 Å². The van der Waals surface area contributed by atoms with Gasteiger partial charge in [0, 0.05) is 27.6 Å². The van der Waals surface area contributed by atoms with Crippen LogP contribution in [0.2, 0.25) is 0 Å². The maximum absolute atomic E-state index is 3.83. The largest absolute Gasteiger partial charge is 0.135 e. The van der Waals surface area contributed by atoms with Crippen LogP contribution in [-0.4, -0.2) is 0 Å². The lowest BCUT2D eigenvalue weighted by atomic mass is 9.84. The average Bonchev–Trinajstić information content (AvgIpc) is 3.43. The number of hydrogen-bond donors (Lipinski definition) is 0. The van der Waals surface area contributed by atoms with Gasteiger partial charge < -0.3 is 0 Å². The Hall–Kier alpha value is -1.50. The van der Waals surface area contributed by atoms with Crippen molar-refractivity contribution >= 4 is 75.1 Å². The first kappa shape index (κ1) is 34.8. The molecule has 0 saturated heterocycles. The molecular weight excluding hydrogens is 832 g/mol. The standard InChI is InChI=1S/C40H36Br4S/c1-23-15-29(39(3,4)5)21-35(43)31(23)17-25-9-11-27(19-33(25)41)37-13-14-38(45-37)28-12-10-26(34(42)20-28)18-32-24(2)16-30(22-36(32)44)40(6,7)8/h9-16,19-22H,1-8H3. The van der Waals surface area contributed by atoms with Gasteiger partial charge in [0.2, 0.25) is 0 Å². The second-order valence-electron chi connectivity index (χ2n) is 13.6. The third kappa shape index (κ3) is 7.97. The summed E-state index contributed by atoms with van der Waals surface area (Å²) in [6.07, 6.45) is 7.28. The van der Waals surface area contributed by atoms with Crippen molar-refractivity contribution in [3.8, 4) is 20.9 Å². The van der Waals surface area contributed by atoms with Gasteiger partial charge in [-0.2, -0.15) is 0 Å². The predicted octanol–water partition coefficient (Wildman–Crippen LogP) is 14.3. The van der Waals surface area contributed by atoms with Crippen molar-refractivity contribution in [2.24, 2.45) is 0 Å². The SMILES string of the molecule is Cc1cc(C(C)(C)C)cc(Br)c1[C]c1ccc(-c2ccc(-c3ccc([C]c4c(C)cc(C(C)(C)C)cc4Br)c(Br)c3)s2)cc1Br. The van der Waals surface area contributed by atoms with Gasteiger partial charge in [0.1, 0.15) is 0 Å². The average molecular weight is 868 g/mol. The van der Waals surface area contributed by atoms with Crippen LogP contribution in [0.5, 0.6) is 0 Å². The fourth-order valence-electron chi connectivity index (χ4n) is 5.13. The van der Waals surface area contributed by atoms with Crippen molar-refractivity contribution in [3.05, 3.63) is 148 Å². The van der Waals surface area contributed by atoms with Crippen LogP contribution in [-0.2, 0) is 10.8 Å². The van der Waals surface area contributed by atoms with Gasteiger partial charge in [-0.3, -0.25) is 0 Å². The first-order valence-corrected chi connectivity index (χ1v) is 18.8. The minimum Gasteiger partial charge on any atom is -0.135 e. The van der Waals surface area contributed by atoms with Gasteiger partial charge in [-0.1, -0.05) is 142 Å². The maximum atomic E-state index is 3.83. The Morgan fingerprint density at radius 2 is 0.867 bits per heavy atom. The minimum absolute atomic E-state index is 0.0953. The summed E-state index contributed by atoms with van der Waals surface area (Å²) in [6, 6.07) is 26.4. The molecule has 5 aromatic rings. The molecule has 0 spiro atoms. The normalized spacial score (nSPS) is 12.2. The van der Waals surface area contributed by atoms with E-state index >= 15 is 0 Å². The lowest BCUT2D eigenvalue weighted by Crippen LogP contribution is -2.12. The number of rotatable bonds is 6. The molecule has 45 heavy (non-hydrogen) atoms. The number of thiophene rings is 1.